The number of methoxy groups -OCH3 is 1. The number of aromatic nitrogens is 5. The topological polar surface area (TPSA) is 100 Å². The first-order chi connectivity index (χ1) is 12.3. The van der Waals surface area contributed by atoms with Crippen molar-refractivity contribution >= 4 is 17.2 Å². The summed E-state index contributed by atoms with van der Waals surface area (Å²) in [6.45, 7) is -0.139. The number of aromatic amines is 1. The second-order valence-corrected chi connectivity index (χ2v) is 5.43. The average Bonchev–Trinajstić information content (AvgIpc) is 3.30. The van der Waals surface area contributed by atoms with Gasteiger partial charge in [-0.15, -0.1) is 0 Å². The summed E-state index contributed by atoms with van der Waals surface area (Å²) >= 11 is 0. The van der Waals surface area contributed by atoms with Crippen LogP contribution in [0, 0.1) is 0 Å². The molecule has 8 heteroatoms. The molecule has 4 aromatic rings. The molecule has 126 valence electrons. The van der Waals surface area contributed by atoms with Crippen LogP contribution in [0.15, 0.2) is 48.8 Å². The number of hydrogen-bond donors (Lipinski definition) is 3. The van der Waals surface area contributed by atoms with Gasteiger partial charge >= 0.3 is 0 Å². The van der Waals surface area contributed by atoms with Gasteiger partial charge in [0.15, 0.2) is 5.82 Å². The summed E-state index contributed by atoms with van der Waals surface area (Å²) in [6, 6.07) is 11.2. The molecule has 0 radical (unpaired) electrons. The Morgan fingerprint density at radius 1 is 1.28 bits per heavy atom. The number of benzene rings is 1. The first-order valence-corrected chi connectivity index (χ1v) is 7.68. The Morgan fingerprint density at radius 2 is 2.20 bits per heavy atom. The van der Waals surface area contributed by atoms with Gasteiger partial charge in [0.05, 0.1) is 37.5 Å². The normalized spacial score (nSPS) is 11.0. The number of rotatable bonds is 5. The van der Waals surface area contributed by atoms with Crippen LogP contribution in [-0.2, 0) is 6.61 Å². The number of hydrogen-bond acceptors (Lipinski definition) is 6. The van der Waals surface area contributed by atoms with Gasteiger partial charge in [-0.1, -0.05) is 12.1 Å². The molecule has 0 aliphatic heterocycles. The summed E-state index contributed by atoms with van der Waals surface area (Å²) < 4.78 is 6.99. The number of nitrogens with one attached hydrogen (secondary N) is 2. The molecular formula is C17H16N6O2. The van der Waals surface area contributed by atoms with Gasteiger partial charge < -0.3 is 15.2 Å². The number of aliphatic hydroxyl groups excluding tert-OH is 1. The first kappa shape index (κ1) is 15.2. The Bertz CT molecular complexity index is 1010. The summed E-state index contributed by atoms with van der Waals surface area (Å²) in [7, 11) is 1.63. The van der Waals surface area contributed by atoms with Crippen molar-refractivity contribution < 1.29 is 9.84 Å². The third kappa shape index (κ3) is 2.90. The Labute approximate surface area is 143 Å². The quantitative estimate of drug-likeness (QED) is 0.517. The Kier molecular flexibility index (Phi) is 3.79. The van der Waals surface area contributed by atoms with Crippen LogP contribution >= 0.6 is 0 Å². The van der Waals surface area contributed by atoms with Crippen molar-refractivity contribution in [2.45, 2.75) is 6.61 Å². The van der Waals surface area contributed by atoms with Crippen LogP contribution < -0.4 is 10.1 Å². The highest BCUT2D eigenvalue weighted by atomic mass is 16.5. The molecule has 0 saturated carbocycles. The number of fused-ring (bicyclic) bond motifs is 1. The van der Waals surface area contributed by atoms with Crippen LogP contribution in [0.2, 0.25) is 0 Å². The third-order valence-electron chi connectivity index (χ3n) is 3.79. The largest absolute Gasteiger partial charge is 0.497 e. The molecule has 0 amide bonds. The molecule has 25 heavy (non-hydrogen) atoms. The lowest BCUT2D eigenvalue weighted by Gasteiger charge is -2.09. The molecule has 0 fully saturated rings. The molecule has 3 heterocycles. The van der Waals surface area contributed by atoms with Crippen molar-refractivity contribution in [3.8, 4) is 17.0 Å². The van der Waals surface area contributed by atoms with E-state index in [4.69, 9.17) is 9.72 Å². The fourth-order valence-corrected chi connectivity index (χ4v) is 2.59. The smallest absolute Gasteiger partial charge is 0.158 e. The summed E-state index contributed by atoms with van der Waals surface area (Å²) in [6.07, 6.45) is 3.47. The molecule has 0 unspecified atom stereocenters. The second-order valence-electron chi connectivity index (χ2n) is 5.43. The zero-order valence-electron chi connectivity index (χ0n) is 13.5. The SMILES string of the molecule is COc1cccc(-c2cn3nc(CO)cc3c(Nc3ccn[nH]3)n2)c1. The molecular weight excluding hydrogens is 320 g/mol. The van der Waals surface area contributed by atoms with E-state index in [9.17, 15) is 5.11 Å². The number of anilines is 2. The van der Waals surface area contributed by atoms with E-state index in [1.807, 2.05) is 30.5 Å². The predicted octanol–water partition coefficient (Wildman–Crippen LogP) is 2.36. The number of H-pyrrole nitrogens is 1. The van der Waals surface area contributed by atoms with Gasteiger partial charge in [-0.3, -0.25) is 5.10 Å². The van der Waals surface area contributed by atoms with Crippen molar-refractivity contribution in [1.82, 2.24) is 24.8 Å². The lowest BCUT2D eigenvalue weighted by molar-refractivity contribution is 0.276. The minimum absolute atomic E-state index is 0.139. The molecule has 0 bridgehead atoms. The standard InChI is InChI=1S/C17H16N6O2/c1-25-13-4-2-3-11(7-13)14-9-23-15(8-12(10-24)22-23)17(19-14)20-16-5-6-18-21-16/h2-9,24H,10H2,1H3,(H2,18,19,20,21). The van der Waals surface area contributed by atoms with Crippen molar-refractivity contribution in [2.75, 3.05) is 12.4 Å². The minimum Gasteiger partial charge on any atom is -0.497 e. The molecule has 0 aliphatic rings. The maximum Gasteiger partial charge on any atom is 0.158 e. The van der Waals surface area contributed by atoms with Crippen LogP contribution in [0.4, 0.5) is 11.6 Å². The van der Waals surface area contributed by atoms with Crippen molar-refractivity contribution in [3.05, 3.63) is 54.5 Å². The van der Waals surface area contributed by atoms with Gasteiger partial charge in [0.25, 0.3) is 0 Å². The zero-order valence-corrected chi connectivity index (χ0v) is 13.5. The van der Waals surface area contributed by atoms with Gasteiger partial charge in [0.2, 0.25) is 0 Å². The first-order valence-electron chi connectivity index (χ1n) is 7.68. The van der Waals surface area contributed by atoms with E-state index in [1.165, 1.54) is 0 Å². The van der Waals surface area contributed by atoms with Crippen molar-refractivity contribution in [3.63, 3.8) is 0 Å². The molecule has 1 aromatic carbocycles. The van der Waals surface area contributed by atoms with E-state index in [2.05, 4.69) is 20.6 Å². The second kappa shape index (κ2) is 6.25. The molecule has 0 saturated heterocycles. The van der Waals surface area contributed by atoms with E-state index in [1.54, 1.807) is 30.0 Å². The van der Waals surface area contributed by atoms with E-state index < -0.39 is 0 Å². The van der Waals surface area contributed by atoms with Crippen LogP contribution in [0.1, 0.15) is 5.69 Å². The van der Waals surface area contributed by atoms with Gasteiger partial charge in [-0.25, -0.2) is 9.50 Å². The van der Waals surface area contributed by atoms with Crippen LogP contribution in [0.25, 0.3) is 16.8 Å². The highest BCUT2D eigenvalue weighted by Gasteiger charge is 2.12. The Balaban J connectivity index is 1.87. The molecule has 8 nitrogen and oxygen atoms in total. The van der Waals surface area contributed by atoms with Crippen molar-refractivity contribution in [2.24, 2.45) is 0 Å². The maximum absolute atomic E-state index is 9.39. The molecule has 0 atom stereocenters. The highest BCUT2D eigenvalue weighted by molar-refractivity contribution is 5.75. The number of nitrogens with zero attached hydrogens (tertiary/aromatic N) is 4. The average molecular weight is 336 g/mol. The zero-order chi connectivity index (χ0) is 17.2. The molecule has 0 aliphatic carbocycles. The number of ether oxygens (including phenoxy) is 1. The van der Waals surface area contributed by atoms with Gasteiger partial charge in [-0.05, 0) is 18.2 Å². The monoisotopic (exact) mass is 336 g/mol. The number of aliphatic hydroxyl groups is 1. The predicted molar refractivity (Wildman–Crippen MR) is 92.8 cm³/mol. The lowest BCUT2D eigenvalue weighted by Crippen LogP contribution is -2.01. The Hall–Kier alpha value is -3.39. The van der Waals surface area contributed by atoms with Crippen LogP contribution in [0.3, 0.4) is 0 Å². The molecule has 3 N–H and O–H groups in total. The fraction of sp³-hybridized carbons (Fsp3) is 0.118. The third-order valence-corrected chi connectivity index (χ3v) is 3.79. The van der Waals surface area contributed by atoms with Gasteiger partial charge in [0, 0.05) is 11.6 Å². The van der Waals surface area contributed by atoms with E-state index in [-0.39, 0.29) is 6.61 Å². The Morgan fingerprint density at radius 3 is 2.96 bits per heavy atom. The summed E-state index contributed by atoms with van der Waals surface area (Å²) in [5.41, 5.74) is 2.94. The minimum atomic E-state index is -0.139. The molecule has 3 aromatic heterocycles. The molecule has 0 spiro atoms. The van der Waals surface area contributed by atoms with Crippen LogP contribution in [0.5, 0.6) is 5.75 Å². The van der Waals surface area contributed by atoms with E-state index in [0.29, 0.717) is 17.3 Å². The van der Waals surface area contributed by atoms with Gasteiger partial charge in [0.1, 0.15) is 17.1 Å². The summed E-state index contributed by atoms with van der Waals surface area (Å²) in [5.74, 6) is 2.07. The maximum atomic E-state index is 9.39. The summed E-state index contributed by atoms with van der Waals surface area (Å²) in [4.78, 5) is 4.71. The lowest BCUT2D eigenvalue weighted by atomic mass is 10.1. The van der Waals surface area contributed by atoms with Gasteiger partial charge in [-0.2, -0.15) is 10.2 Å². The molecule has 4 rings (SSSR count). The van der Waals surface area contributed by atoms with Crippen molar-refractivity contribution in [1.29, 1.82) is 0 Å². The van der Waals surface area contributed by atoms with E-state index in [0.717, 1.165) is 22.5 Å². The fourth-order valence-electron chi connectivity index (χ4n) is 2.59. The van der Waals surface area contributed by atoms with Crippen LogP contribution in [-0.4, -0.2) is 37.0 Å². The van der Waals surface area contributed by atoms with E-state index >= 15 is 0 Å². The summed E-state index contributed by atoms with van der Waals surface area (Å²) in [5, 5.41) is 23.7. The highest BCUT2D eigenvalue weighted by Crippen LogP contribution is 2.27.